The summed E-state index contributed by atoms with van der Waals surface area (Å²) in [5, 5.41) is 8.33. The van der Waals surface area contributed by atoms with Crippen LogP contribution < -0.4 is 5.32 Å². The van der Waals surface area contributed by atoms with Crippen LogP contribution >= 0.6 is 11.6 Å². The van der Waals surface area contributed by atoms with E-state index in [0.717, 1.165) is 19.3 Å². The lowest BCUT2D eigenvalue weighted by molar-refractivity contribution is -0.118. The summed E-state index contributed by atoms with van der Waals surface area (Å²) < 4.78 is 10.8. The molecule has 1 aliphatic carbocycles. The van der Waals surface area contributed by atoms with E-state index < -0.39 is 11.7 Å². The van der Waals surface area contributed by atoms with Crippen molar-refractivity contribution in [3.8, 4) is 0 Å². The summed E-state index contributed by atoms with van der Waals surface area (Å²) in [4.78, 5) is 30.8. The quantitative estimate of drug-likeness (QED) is 0.524. The Balaban J connectivity index is 2.25. The molecule has 2 rings (SSSR count). The normalized spacial score (nSPS) is 23.4. The maximum absolute atomic E-state index is 12.8. The molecule has 0 bridgehead atoms. The van der Waals surface area contributed by atoms with E-state index in [1.807, 2.05) is 0 Å². The molecule has 0 aromatic rings. The highest BCUT2D eigenvalue weighted by Crippen LogP contribution is 2.28. The Labute approximate surface area is 182 Å². The number of allylic oxidation sites excluding steroid dienone is 1. The maximum Gasteiger partial charge on any atom is 0.415 e. The van der Waals surface area contributed by atoms with Crippen LogP contribution in [0.15, 0.2) is 33.4 Å². The lowest BCUT2D eigenvalue weighted by atomic mass is 10.2. The van der Waals surface area contributed by atoms with Crippen LogP contribution in [0.1, 0.15) is 47.0 Å². The van der Waals surface area contributed by atoms with Gasteiger partial charge in [-0.2, -0.15) is 10.1 Å². The number of nitrogens with zero attached hydrogens (tertiary/aromatic N) is 4. The first kappa shape index (κ1) is 23.9. The first-order valence-electron chi connectivity index (χ1n) is 9.70. The van der Waals surface area contributed by atoms with Gasteiger partial charge in [-0.15, -0.1) is 0 Å². The second-order valence-electron chi connectivity index (χ2n) is 8.22. The number of halogens is 1. The van der Waals surface area contributed by atoms with Crippen molar-refractivity contribution in [3.05, 3.63) is 23.3 Å². The monoisotopic (exact) mass is 439 g/mol. The van der Waals surface area contributed by atoms with Gasteiger partial charge in [0.05, 0.1) is 11.7 Å². The van der Waals surface area contributed by atoms with E-state index in [1.54, 1.807) is 34.8 Å². The zero-order chi connectivity index (χ0) is 22.6. The minimum Gasteiger partial charge on any atom is -0.443 e. The Morgan fingerprint density at radius 3 is 2.60 bits per heavy atom. The number of carbonyl (C=O) groups excluding carboxylic acids is 2. The summed E-state index contributed by atoms with van der Waals surface area (Å²) in [6.45, 7) is 10.5. The number of hydrogen-bond acceptors (Lipinski definition) is 7. The smallest absolute Gasteiger partial charge is 0.415 e. The van der Waals surface area contributed by atoms with E-state index >= 15 is 0 Å². The maximum atomic E-state index is 12.8. The third-order valence-corrected chi connectivity index (χ3v) is 4.95. The summed E-state index contributed by atoms with van der Waals surface area (Å²) in [6, 6.07) is 0.0191. The van der Waals surface area contributed by atoms with Crippen LogP contribution in [-0.2, 0) is 14.3 Å². The third-order valence-electron chi connectivity index (χ3n) is 4.76. The number of hydrazone groups is 1. The summed E-state index contributed by atoms with van der Waals surface area (Å²) in [5.74, 6) is 0.151. The molecule has 30 heavy (non-hydrogen) atoms. The Hall–Kier alpha value is -2.39. The fraction of sp³-hybridized carbons (Fsp3) is 0.600. The SMILES string of the molecule is C=NN1C(N(C)C(=O)OC(C)(C)C)=CC(Cl)=N/C1=C(/C)C(=O)NC1CC[C@@H](OC)C1. The number of carbonyl (C=O) groups is 2. The van der Waals surface area contributed by atoms with Crippen molar-refractivity contribution < 1.29 is 19.1 Å². The molecular formula is C20H30ClN5O4. The van der Waals surface area contributed by atoms with E-state index in [4.69, 9.17) is 21.1 Å². The number of hydrogen-bond donors (Lipinski definition) is 1. The average molecular weight is 440 g/mol. The van der Waals surface area contributed by atoms with Crippen molar-refractivity contribution in [1.29, 1.82) is 0 Å². The first-order valence-corrected chi connectivity index (χ1v) is 10.1. The molecule has 0 aromatic heterocycles. The molecule has 1 N–H and O–H groups in total. The summed E-state index contributed by atoms with van der Waals surface area (Å²) >= 11 is 6.19. The third kappa shape index (κ3) is 5.82. The second-order valence-corrected chi connectivity index (χ2v) is 8.61. The Bertz CT molecular complexity index is 800. The standard InChI is InChI=1S/C20H30ClN5O4/c1-12(18(27)23-13-8-9-14(10-13)29-7)17-24-15(21)11-16(26(17)22-5)25(6)19(28)30-20(2,3)4/h11,13-14H,5,8-10H2,1-4,6-7H3,(H,23,27)/b17-12+/t13?,14-/m1/s1. The fourth-order valence-electron chi connectivity index (χ4n) is 3.18. The predicted molar refractivity (Wildman–Crippen MR) is 116 cm³/mol. The van der Waals surface area contributed by atoms with E-state index in [2.05, 4.69) is 22.1 Å². The van der Waals surface area contributed by atoms with Gasteiger partial charge in [-0.05, 0) is 47.0 Å². The zero-order valence-corrected chi connectivity index (χ0v) is 19.1. The van der Waals surface area contributed by atoms with Gasteiger partial charge in [0, 0.05) is 33.0 Å². The van der Waals surface area contributed by atoms with Gasteiger partial charge in [0.2, 0.25) is 0 Å². The molecule has 166 valence electrons. The lowest BCUT2D eigenvalue weighted by Crippen LogP contribution is -2.40. The molecule has 0 saturated heterocycles. The molecule has 2 atom stereocenters. The van der Waals surface area contributed by atoms with E-state index in [9.17, 15) is 9.59 Å². The zero-order valence-electron chi connectivity index (χ0n) is 18.4. The van der Waals surface area contributed by atoms with Gasteiger partial charge in [0.15, 0.2) is 5.82 Å². The Kier molecular flexibility index (Phi) is 7.65. The van der Waals surface area contributed by atoms with Gasteiger partial charge >= 0.3 is 6.09 Å². The minimum atomic E-state index is -0.680. The number of amides is 2. The number of ether oxygens (including phenoxy) is 2. The van der Waals surface area contributed by atoms with Crippen LogP contribution in [0.4, 0.5) is 4.79 Å². The van der Waals surface area contributed by atoms with Crippen molar-refractivity contribution in [2.45, 2.75) is 64.7 Å². The average Bonchev–Trinajstić information content (AvgIpc) is 3.12. The van der Waals surface area contributed by atoms with Crippen molar-refractivity contribution >= 4 is 35.5 Å². The molecular weight excluding hydrogens is 410 g/mol. The van der Waals surface area contributed by atoms with Crippen LogP contribution in [0.5, 0.6) is 0 Å². The molecule has 1 fully saturated rings. The van der Waals surface area contributed by atoms with Crippen molar-refractivity contribution in [1.82, 2.24) is 15.2 Å². The number of rotatable bonds is 5. The Morgan fingerprint density at radius 1 is 1.40 bits per heavy atom. The molecule has 1 aliphatic heterocycles. The highest BCUT2D eigenvalue weighted by atomic mass is 35.5. The van der Waals surface area contributed by atoms with Gasteiger partial charge in [-0.25, -0.2) is 9.79 Å². The van der Waals surface area contributed by atoms with Crippen molar-refractivity contribution in [2.24, 2.45) is 10.1 Å². The van der Waals surface area contributed by atoms with Gasteiger partial charge in [0.25, 0.3) is 5.91 Å². The molecule has 9 nitrogen and oxygen atoms in total. The molecule has 10 heteroatoms. The van der Waals surface area contributed by atoms with Crippen LogP contribution in [0, 0.1) is 0 Å². The van der Waals surface area contributed by atoms with Gasteiger partial charge in [0.1, 0.15) is 16.6 Å². The largest absolute Gasteiger partial charge is 0.443 e. The van der Waals surface area contributed by atoms with E-state index in [-0.39, 0.29) is 34.9 Å². The first-order chi connectivity index (χ1) is 14.0. The highest BCUT2D eigenvalue weighted by molar-refractivity contribution is 6.68. The predicted octanol–water partition coefficient (Wildman–Crippen LogP) is 3.18. The molecule has 2 amide bonds. The van der Waals surface area contributed by atoms with Gasteiger partial charge in [-0.3, -0.25) is 9.69 Å². The van der Waals surface area contributed by atoms with Crippen molar-refractivity contribution in [3.63, 3.8) is 0 Å². The van der Waals surface area contributed by atoms with Crippen LogP contribution in [0.2, 0.25) is 0 Å². The van der Waals surface area contributed by atoms with E-state index in [0.29, 0.717) is 5.57 Å². The molecule has 1 heterocycles. The number of aliphatic imine (C=N–C) groups is 1. The molecule has 0 spiro atoms. The fourth-order valence-corrected chi connectivity index (χ4v) is 3.36. The van der Waals surface area contributed by atoms with E-state index in [1.165, 1.54) is 23.0 Å². The van der Waals surface area contributed by atoms with Gasteiger partial charge in [-0.1, -0.05) is 11.6 Å². The van der Waals surface area contributed by atoms with Crippen LogP contribution in [-0.4, -0.2) is 65.7 Å². The summed E-state index contributed by atoms with van der Waals surface area (Å²) in [7, 11) is 3.19. The molecule has 1 saturated carbocycles. The molecule has 2 aliphatic rings. The highest BCUT2D eigenvalue weighted by Gasteiger charge is 2.32. The molecule has 0 aromatic carbocycles. The topological polar surface area (TPSA) is 95.8 Å². The second kappa shape index (κ2) is 9.61. The lowest BCUT2D eigenvalue weighted by Gasteiger charge is -2.32. The number of methoxy groups -OCH3 is 1. The van der Waals surface area contributed by atoms with Crippen LogP contribution in [0.25, 0.3) is 0 Å². The van der Waals surface area contributed by atoms with Crippen molar-refractivity contribution in [2.75, 3.05) is 14.2 Å². The summed E-state index contributed by atoms with van der Waals surface area (Å²) in [5.41, 5.74) is -0.384. The van der Waals surface area contributed by atoms with Crippen LogP contribution in [0.3, 0.4) is 0 Å². The Morgan fingerprint density at radius 2 is 2.07 bits per heavy atom. The van der Waals surface area contributed by atoms with Gasteiger partial charge < -0.3 is 14.8 Å². The number of nitrogens with one attached hydrogen (secondary N) is 1. The summed E-state index contributed by atoms with van der Waals surface area (Å²) in [6.07, 6.45) is 3.49. The minimum absolute atomic E-state index is 0.0191. The molecule has 0 radical (unpaired) electrons. The molecule has 1 unspecified atom stereocenters.